The van der Waals surface area contributed by atoms with Gasteiger partial charge in [-0.2, -0.15) is 0 Å². The average Bonchev–Trinajstić information content (AvgIpc) is 2.90. The predicted molar refractivity (Wildman–Crippen MR) is 96.0 cm³/mol. The Bertz CT molecular complexity index is 711. The molecule has 2 amide bonds. The summed E-state index contributed by atoms with van der Waals surface area (Å²) < 4.78 is 0. The Morgan fingerprint density at radius 2 is 1.08 bits per heavy atom. The summed E-state index contributed by atoms with van der Waals surface area (Å²) in [5.41, 5.74) is 1.90. The van der Waals surface area contributed by atoms with Gasteiger partial charge in [-0.1, -0.05) is 60.7 Å². The topological polar surface area (TPSA) is 40.6 Å². The molecule has 5 heteroatoms. The third kappa shape index (κ3) is 2.71. The zero-order valence-electron chi connectivity index (χ0n) is 13.5. The van der Waals surface area contributed by atoms with Gasteiger partial charge in [-0.25, -0.2) is 0 Å². The van der Waals surface area contributed by atoms with Crippen LogP contribution in [0.25, 0.3) is 0 Å². The van der Waals surface area contributed by atoms with Crippen LogP contribution in [0.2, 0.25) is 0 Å². The zero-order valence-corrected chi connectivity index (χ0v) is 14.4. The van der Waals surface area contributed by atoms with E-state index in [1.54, 1.807) is 9.80 Å². The molecule has 1 heterocycles. The minimum absolute atomic E-state index is 0.168. The van der Waals surface area contributed by atoms with E-state index in [9.17, 15) is 9.59 Å². The number of carbonyl (C=O) groups excluding carboxylic acids is 2. The third-order valence-corrected chi connectivity index (χ3v) is 4.62. The van der Waals surface area contributed by atoms with E-state index in [2.05, 4.69) is 0 Å². The summed E-state index contributed by atoms with van der Waals surface area (Å²) >= 11 is 5.48. The molecule has 2 unspecified atom stereocenters. The van der Waals surface area contributed by atoms with Crippen molar-refractivity contribution in [1.29, 1.82) is 0 Å². The van der Waals surface area contributed by atoms with Crippen molar-refractivity contribution in [1.82, 2.24) is 9.80 Å². The second kappa shape index (κ2) is 6.53. The molecule has 0 N–H and O–H groups in total. The Labute approximate surface area is 146 Å². The van der Waals surface area contributed by atoms with Crippen LogP contribution in [-0.2, 0) is 9.59 Å². The molecule has 24 heavy (non-hydrogen) atoms. The SMILES string of the molecule is CC(=O)N1C(=S)N(C(C)=O)C(c2ccccc2)C1c1ccccc1. The van der Waals surface area contributed by atoms with Crippen LogP contribution in [0.4, 0.5) is 0 Å². The molecule has 1 aliphatic heterocycles. The lowest BCUT2D eigenvalue weighted by atomic mass is 9.93. The van der Waals surface area contributed by atoms with Gasteiger partial charge in [0.25, 0.3) is 0 Å². The Balaban J connectivity index is 2.20. The van der Waals surface area contributed by atoms with E-state index in [4.69, 9.17) is 12.2 Å². The first-order chi connectivity index (χ1) is 11.5. The molecule has 1 aliphatic rings. The maximum Gasteiger partial charge on any atom is 0.226 e. The summed E-state index contributed by atoms with van der Waals surface area (Å²) in [5, 5.41) is 0.262. The number of amides is 2. The molecule has 2 aromatic rings. The number of hydrogen-bond acceptors (Lipinski definition) is 3. The van der Waals surface area contributed by atoms with E-state index in [-0.39, 0.29) is 29.0 Å². The van der Waals surface area contributed by atoms with E-state index in [0.717, 1.165) is 11.1 Å². The molecule has 2 atom stereocenters. The average molecular weight is 338 g/mol. The number of benzene rings is 2. The van der Waals surface area contributed by atoms with Gasteiger partial charge in [0.1, 0.15) is 0 Å². The van der Waals surface area contributed by atoms with Crippen LogP contribution < -0.4 is 0 Å². The predicted octanol–water partition coefficient (Wildman–Crippen LogP) is 3.46. The van der Waals surface area contributed by atoms with Crippen LogP contribution >= 0.6 is 12.2 Å². The first-order valence-electron chi connectivity index (χ1n) is 7.76. The summed E-state index contributed by atoms with van der Waals surface area (Å²) in [6, 6.07) is 18.7. The Morgan fingerprint density at radius 1 is 0.750 bits per heavy atom. The largest absolute Gasteiger partial charge is 0.279 e. The van der Waals surface area contributed by atoms with Gasteiger partial charge in [-0.3, -0.25) is 19.4 Å². The van der Waals surface area contributed by atoms with Crippen molar-refractivity contribution in [2.24, 2.45) is 0 Å². The Hall–Kier alpha value is -2.53. The number of hydrogen-bond donors (Lipinski definition) is 0. The summed E-state index contributed by atoms with van der Waals surface area (Å²) in [4.78, 5) is 27.7. The zero-order chi connectivity index (χ0) is 17.3. The van der Waals surface area contributed by atoms with Crippen molar-refractivity contribution >= 4 is 29.1 Å². The van der Waals surface area contributed by atoms with Crippen LogP contribution in [0.3, 0.4) is 0 Å². The number of carbonyl (C=O) groups is 2. The van der Waals surface area contributed by atoms with Crippen LogP contribution in [0.5, 0.6) is 0 Å². The summed E-state index contributed by atoms with van der Waals surface area (Å²) in [6.45, 7) is 2.96. The Morgan fingerprint density at radius 3 is 1.38 bits per heavy atom. The molecule has 0 aromatic heterocycles. The maximum absolute atomic E-state index is 12.3. The fourth-order valence-corrected chi connectivity index (χ4v) is 3.74. The van der Waals surface area contributed by atoms with Crippen molar-refractivity contribution in [3.63, 3.8) is 0 Å². The van der Waals surface area contributed by atoms with E-state index in [1.807, 2.05) is 60.7 Å². The molecule has 0 radical (unpaired) electrons. The minimum atomic E-state index is -0.331. The highest BCUT2D eigenvalue weighted by Gasteiger charge is 2.48. The molecule has 0 aliphatic carbocycles. The van der Waals surface area contributed by atoms with Crippen molar-refractivity contribution in [2.45, 2.75) is 25.9 Å². The molecule has 1 saturated heterocycles. The summed E-state index contributed by atoms with van der Waals surface area (Å²) in [7, 11) is 0. The first kappa shape index (κ1) is 16.3. The number of nitrogens with zero attached hydrogens (tertiary/aromatic N) is 2. The van der Waals surface area contributed by atoms with Crippen LogP contribution in [0.1, 0.15) is 37.1 Å². The maximum atomic E-state index is 12.3. The van der Waals surface area contributed by atoms with Crippen LogP contribution in [0.15, 0.2) is 60.7 Å². The molecule has 2 aromatic carbocycles. The third-order valence-electron chi connectivity index (χ3n) is 4.23. The molecule has 0 saturated carbocycles. The summed E-state index contributed by atoms with van der Waals surface area (Å²) in [5.74, 6) is -0.336. The van der Waals surface area contributed by atoms with Crippen LogP contribution in [-0.4, -0.2) is 26.7 Å². The van der Waals surface area contributed by atoms with Gasteiger partial charge in [-0.15, -0.1) is 0 Å². The lowest BCUT2D eigenvalue weighted by Crippen LogP contribution is -2.37. The van der Waals surface area contributed by atoms with Gasteiger partial charge < -0.3 is 0 Å². The van der Waals surface area contributed by atoms with Gasteiger partial charge in [-0.05, 0) is 23.3 Å². The van der Waals surface area contributed by atoms with Gasteiger partial charge in [0.05, 0.1) is 12.1 Å². The highest BCUT2D eigenvalue weighted by molar-refractivity contribution is 7.80. The van der Waals surface area contributed by atoms with E-state index in [0.29, 0.717) is 0 Å². The molecule has 0 bridgehead atoms. The molecule has 3 rings (SSSR count). The fourth-order valence-electron chi connectivity index (χ4n) is 3.26. The van der Waals surface area contributed by atoms with Crippen molar-refractivity contribution < 1.29 is 9.59 Å². The lowest BCUT2D eigenvalue weighted by Gasteiger charge is -2.27. The molecule has 4 nitrogen and oxygen atoms in total. The Kier molecular flexibility index (Phi) is 4.44. The monoisotopic (exact) mass is 338 g/mol. The molecule has 0 spiro atoms. The van der Waals surface area contributed by atoms with Gasteiger partial charge >= 0.3 is 0 Å². The standard InChI is InChI=1S/C19H18N2O2S/c1-13(22)20-17(15-9-5-3-6-10-15)18(16-11-7-4-8-12-16)21(14(2)23)19(20)24/h3-12,17-18H,1-2H3. The van der Waals surface area contributed by atoms with Crippen molar-refractivity contribution in [2.75, 3.05) is 0 Å². The quantitative estimate of drug-likeness (QED) is 0.787. The molecule has 1 fully saturated rings. The highest BCUT2D eigenvalue weighted by atomic mass is 32.1. The fraction of sp³-hybridized carbons (Fsp3) is 0.211. The second-order valence-corrected chi connectivity index (χ2v) is 6.14. The van der Waals surface area contributed by atoms with Crippen LogP contribution in [0, 0.1) is 0 Å². The number of rotatable bonds is 2. The smallest absolute Gasteiger partial charge is 0.226 e. The lowest BCUT2D eigenvalue weighted by molar-refractivity contribution is -0.127. The minimum Gasteiger partial charge on any atom is -0.279 e. The van der Waals surface area contributed by atoms with Gasteiger partial charge in [0, 0.05) is 13.8 Å². The van der Waals surface area contributed by atoms with Gasteiger partial charge in [0.2, 0.25) is 11.8 Å². The van der Waals surface area contributed by atoms with E-state index < -0.39 is 0 Å². The second-order valence-electron chi connectivity index (χ2n) is 5.77. The van der Waals surface area contributed by atoms with E-state index in [1.165, 1.54) is 13.8 Å². The van der Waals surface area contributed by atoms with Crippen molar-refractivity contribution in [3.05, 3.63) is 71.8 Å². The summed E-state index contributed by atoms with van der Waals surface area (Å²) in [6.07, 6.45) is 0. The van der Waals surface area contributed by atoms with E-state index >= 15 is 0 Å². The van der Waals surface area contributed by atoms with Crippen molar-refractivity contribution in [3.8, 4) is 0 Å². The first-order valence-corrected chi connectivity index (χ1v) is 8.16. The molecular formula is C19H18N2O2S. The normalized spacial score (nSPS) is 20.3. The van der Waals surface area contributed by atoms with Gasteiger partial charge in [0.15, 0.2) is 5.11 Å². The molecule has 122 valence electrons. The molecular weight excluding hydrogens is 320 g/mol. The highest BCUT2D eigenvalue weighted by Crippen LogP contribution is 2.45. The number of thiocarbonyl (C=S) groups is 1.